The van der Waals surface area contributed by atoms with Gasteiger partial charge in [-0.05, 0) is 0 Å². The Kier molecular flexibility index (Phi) is 3.00. The van der Waals surface area contributed by atoms with E-state index in [1.807, 2.05) is 0 Å². The average molecular weight is 201 g/mol. The summed E-state index contributed by atoms with van der Waals surface area (Å²) in [5, 5.41) is 9.13. The van der Waals surface area contributed by atoms with E-state index in [0.29, 0.717) is 39.3 Å². The van der Waals surface area contributed by atoms with Crippen LogP contribution in [0.4, 0.5) is 0 Å². The Bertz CT molecular complexity index is 208. The van der Waals surface area contributed by atoms with E-state index in [0.717, 1.165) is 0 Å². The number of aliphatic hydroxyl groups is 1. The van der Waals surface area contributed by atoms with E-state index in [9.17, 15) is 4.79 Å². The number of amides is 1. The quantitative estimate of drug-likeness (QED) is 0.603. The average Bonchev–Trinajstić information content (AvgIpc) is 2.65. The molecule has 14 heavy (non-hydrogen) atoms. The fraction of sp³-hybridized carbons (Fsp3) is 0.889. The number of rotatable bonds is 1. The van der Waals surface area contributed by atoms with E-state index in [1.54, 1.807) is 4.90 Å². The molecule has 2 aliphatic heterocycles. The largest absolute Gasteiger partial charge is 0.378 e. The molecule has 0 aromatic carbocycles. The van der Waals surface area contributed by atoms with E-state index >= 15 is 0 Å². The van der Waals surface area contributed by atoms with Gasteiger partial charge in [-0.25, -0.2) is 0 Å². The molecule has 0 aliphatic carbocycles. The summed E-state index contributed by atoms with van der Waals surface area (Å²) in [4.78, 5) is 13.6. The van der Waals surface area contributed by atoms with Crippen LogP contribution in [-0.2, 0) is 14.3 Å². The number of hydrogen-bond donors (Lipinski definition) is 1. The van der Waals surface area contributed by atoms with Crippen molar-refractivity contribution in [2.45, 2.75) is 12.7 Å². The van der Waals surface area contributed by atoms with Crippen LogP contribution in [0.5, 0.6) is 0 Å². The summed E-state index contributed by atoms with van der Waals surface area (Å²) >= 11 is 0. The van der Waals surface area contributed by atoms with Crippen LogP contribution in [0.3, 0.4) is 0 Å². The van der Waals surface area contributed by atoms with Crippen molar-refractivity contribution in [3.8, 4) is 0 Å². The Balaban J connectivity index is 1.87. The molecule has 0 radical (unpaired) electrons. The number of nitrogens with zero attached hydrogens (tertiary/aromatic N) is 1. The summed E-state index contributed by atoms with van der Waals surface area (Å²) in [6.45, 7) is 2.89. The van der Waals surface area contributed by atoms with Crippen molar-refractivity contribution < 1.29 is 19.4 Å². The zero-order valence-electron chi connectivity index (χ0n) is 8.02. The lowest BCUT2D eigenvalue weighted by atomic mass is 10.1. The van der Waals surface area contributed by atoms with E-state index in [1.165, 1.54) is 0 Å². The third kappa shape index (κ3) is 2.05. The number of aliphatic hydroxyl groups excluding tert-OH is 1. The second-order valence-corrected chi connectivity index (χ2v) is 3.66. The molecule has 0 aromatic heterocycles. The van der Waals surface area contributed by atoms with Crippen molar-refractivity contribution in [1.29, 1.82) is 0 Å². The molecule has 2 unspecified atom stereocenters. The fourth-order valence-electron chi connectivity index (χ4n) is 1.82. The van der Waals surface area contributed by atoms with Gasteiger partial charge in [-0.15, -0.1) is 0 Å². The van der Waals surface area contributed by atoms with E-state index < -0.39 is 6.29 Å². The van der Waals surface area contributed by atoms with Crippen LogP contribution in [0.1, 0.15) is 6.42 Å². The molecule has 0 saturated carbocycles. The Labute approximate surface area is 82.6 Å². The Morgan fingerprint density at radius 2 is 2.07 bits per heavy atom. The van der Waals surface area contributed by atoms with Crippen molar-refractivity contribution in [3.63, 3.8) is 0 Å². The smallest absolute Gasteiger partial charge is 0.228 e. The predicted octanol–water partition coefficient (Wildman–Crippen LogP) is -0.800. The number of carbonyl (C=O) groups excluding carboxylic acids is 1. The van der Waals surface area contributed by atoms with Crippen LogP contribution in [0.2, 0.25) is 0 Å². The predicted molar refractivity (Wildman–Crippen MR) is 47.5 cm³/mol. The fourth-order valence-corrected chi connectivity index (χ4v) is 1.82. The van der Waals surface area contributed by atoms with Gasteiger partial charge in [0, 0.05) is 19.5 Å². The summed E-state index contributed by atoms with van der Waals surface area (Å²) in [6, 6.07) is 0. The zero-order valence-corrected chi connectivity index (χ0v) is 8.02. The highest BCUT2D eigenvalue weighted by Crippen LogP contribution is 2.20. The zero-order chi connectivity index (χ0) is 9.97. The van der Waals surface area contributed by atoms with Gasteiger partial charge < -0.3 is 19.5 Å². The molecule has 0 aromatic rings. The number of ether oxygens (including phenoxy) is 2. The van der Waals surface area contributed by atoms with Gasteiger partial charge in [0.05, 0.1) is 25.7 Å². The standard InChI is InChI=1S/C9H15NO4/c11-8-5-7(6-14-8)9(12)10-1-3-13-4-2-10/h7-8,11H,1-6H2. The second kappa shape index (κ2) is 4.25. The molecule has 5 nitrogen and oxygen atoms in total. The topological polar surface area (TPSA) is 59.0 Å². The molecule has 5 heteroatoms. The Morgan fingerprint density at radius 3 is 2.64 bits per heavy atom. The van der Waals surface area contributed by atoms with Crippen molar-refractivity contribution in [1.82, 2.24) is 4.90 Å². The molecule has 2 saturated heterocycles. The maximum absolute atomic E-state index is 11.8. The minimum atomic E-state index is -0.759. The summed E-state index contributed by atoms with van der Waals surface area (Å²) < 4.78 is 10.1. The van der Waals surface area contributed by atoms with Gasteiger partial charge in [-0.2, -0.15) is 0 Å². The van der Waals surface area contributed by atoms with Crippen molar-refractivity contribution in [2.24, 2.45) is 5.92 Å². The first-order valence-electron chi connectivity index (χ1n) is 4.93. The minimum Gasteiger partial charge on any atom is -0.378 e. The maximum atomic E-state index is 11.8. The van der Waals surface area contributed by atoms with Gasteiger partial charge in [0.2, 0.25) is 5.91 Å². The first-order valence-corrected chi connectivity index (χ1v) is 4.93. The maximum Gasteiger partial charge on any atom is 0.228 e. The van der Waals surface area contributed by atoms with E-state index in [-0.39, 0.29) is 11.8 Å². The number of morpholine rings is 1. The van der Waals surface area contributed by atoms with Gasteiger partial charge in [0.25, 0.3) is 0 Å². The van der Waals surface area contributed by atoms with Gasteiger partial charge in [0.1, 0.15) is 0 Å². The molecule has 2 atom stereocenters. The van der Waals surface area contributed by atoms with Crippen LogP contribution in [0, 0.1) is 5.92 Å². The lowest BCUT2D eigenvalue weighted by Gasteiger charge is -2.28. The molecule has 2 fully saturated rings. The van der Waals surface area contributed by atoms with Crippen molar-refractivity contribution in [3.05, 3.63) is 0 Å². The minimum absolute atomic E-state index is 0.0878. The van der Waals surface area contributed by atoms with Crippen molar-refractivity contribution in [2.75, 3.05) is 32.9 Å². The highest BCUT2D eigenvalue weighted by atomic mass is 16.6. The molecule has 2 heterocycles. The lowest BCUT2D eigenvalue weighted by molar-refractivity contribution is -0.139. The van der Waals surface area contributed by atoms with Crippen LogP contribution < -0.4 is 0 Å². The summed E-state index contributed by atoms with van der Waals surface area (Å²) in [5.74, 6) is -0.0760. The van der Waals surface area contributed by atoms with E-state index in [2.05, 4.69) is 0 Å². The Morgan fingerprint density at radius 1 is 1.36 bits per heavy atom. The molecule has 1 N–H and O–H groups in total. The highest BCUT2D eigenvalue weighted by molar-refractivity contribution is 5.79. The number of carbonyl (C=O) groups is 1. The van der Waals surface area contributed by atoms with Crippen LogP contribution in [-0.4, -0.2) is 55.1 Å². The van der Waals surface area contributed by atoms with Gasteiger partial charge >= 0.3 is 0 Å². The number of hydrogen-bond acceptors (Lipinski definition) is 4. The summed E-state index contributed by atoms with van der Waals surface area (Å²) in [6.07, 6.45) is -0.332. The first kappa shape index (κ1) is 9.89. The molecule has 2 rings (SSSR count). The summed E-state index contributed by atoms with van der Waals surface area (Å²) in [5.41, 5.74) is 0. The third-order valence-corrected chi connectivity index (χ3v) is 2.65. The lowest BCUT2D eigenvalue weighted by Crippen LogP contribution is -2.43. The van der Waals surface area contributed by atoms with E-state index in [4.69, 9.17) is 14.6 Å². The second-order valence-electron chi connectivity index (χ2n) is 3.66. The monoisotopic (exact) mass is 201 g/mol. The van der Waals surface area contributed by atoms with Gasteiger partial charge in [-0.1, -0.05) is 0 Å². The molecule has 0 bridgehead atoms. The van der Waals surface area contributed by atoms with Crippen LogP contribution in [0.25, 0.3) is 0 Å². The van der Waals surface area contributed by atoms with Crippen LogP contribution in [0.15, 0.2) is 0 Å². The highest BCUT2D eigenvalue weighted by Gasteiger charge is 2.32. The molecular formula is C9H15NO4. The third-order valence-electron chi connectivity index (χ3n) is 2.65. The first-order chi connectivity index (χ1) is 6.77. The Hall–Kier alpha value is -0.650. The summed E-state index contributed by atoms with van der Waals surface area (Å²) in [7, 11) is 0. The SMILES string of the molecule is O=C(C1COC(O)C1)N1CCOCC1. The molecule has 2 aliphatic rings. The van der Waals surface area contributed by atoms with Gasteiger partial charge in [0.15, 0.2) is 6.29 Å². The molecular weight excluding hydrogens is 186 g/mol. The molecule has 1 amide bonds. The normalized spacial score (nSPS) is 33.4. The molecule has 80 valence electrons. The van der Waals surface area contributed by atoms with Gasteiger partial charge in [-0.3, -0.25) is 4.79 Å². The van der Waals surface area contributed by atoms with Crippen molar-refractivity contribution >= 4 is 5.91 Å². The van der Waals surface area contributed by atoms with Crippen LogP contribution >= 0.6 is 0 Å². The molecule has 0 spiro atoms.